The lowest BCUT2D eigenvalue weighted by Crippen LogP contribution is -2.43. The molecular formula is C29H39Cl2N3O3. The molecule has 202 valence electrons. The Bertz CT molecular complexity index is 1070. The smallest absolute Gasteiger partial charge is 0.340 e. The molecule has 6 nitrogen and oxygen atoms in total. The fourth-order valence-electron chi connectivity index (χ4n) is 5.14. The highest BCUT2D eigenvalue weighted by molar-refractivity contribution is 6.42. The van der Waals surface area contributed by atoms with Gasteiger partial charge < -0.3 is 19.3 Å². The number of likely N-dealkylation sites (tertiary alicyclic amines) is 1. The largest absolute Gasteiger partial charge is 0.490 e. The van der Waals surface area contributed by atoms with E-state index in [1.807, 2.05) is 46.0 Å². The Hall–Kier alpha value is -2.02. The van der Waals surface area contributed by atoms with E-state index in [9.17, 15) is 4.79 Å². The summed E-state index contributed by atoms with van der Waals surface area (Å²) in [6.45, 7) is 12.9. The number of carbonyl (C=O) groups is 1. The van der Waals surface area contributed by atoms with Gasteiger partial charge in [-0.3, -0.25) is 4.98 Å². The van der Waals surface area contributed by atoms with Gasteiger partial charge in [-0.15, -0.1) is 0 Å². The van der Waals surface area contributed by atoms with Crippen LogP contribution in [0.15, 0.2) is 30.5 Å². The first-order valence-electron chi connectivity index (χ1n) is 13.4. The summed E-state index contributed by atoms with van der Waals surface area (Å²) in [5.74, 6) is 1.17. The fraction of sp³-hybridized carbons (Fsp3) is 0.586. The number of nitrogens with zero attached hydrogens (tertiary/aromatic N) is 3. The number of esters is 1. The Morgan fingerprint density at radius 3 is 2.35 bits per heavy atom. The predicted octanol–water partition coefficient (Wildman–Crippen LogP) is 6.67. The van der Waals surface area contributed by atoms with E-state index in [1.54, 1.807) is 12.1 Å². The summed E-state index contributed by atoms with van der Waals surface area (Å²) in [5.41, 5.74) is 1.86. The standard InChI is InChI=1S/C29H39Cl2N3O3/c1-5-27-24(28(35)37-29(2,3)4)16-21(18-32-27)34-14-8-20(9-15-34)19-33-12-10-22(11-13-33)36-23-6-7-25(30)26(31)17-23/h6-7,16-18,20,22H,5,8-15,19H2,1-4H3. The lowest BCUT2D eigenvalue weighted by Gasteiger charge is -2.38. The highest BCUT2D eigenvalue weighted by Gasteiger charge is 2.27. The van der Waals surface area contributed by atoms with Gasteiger partial charge in [-0.25, -0.2) is 4.79 Å². The van der Waals surface area contributed by atoms with Gasteiger partial charge in [0.2, 0.25) is 0 Å². The molecule has 0 unspecified atom stereocenters. The molecule has 0 amide bonds. The van der Waals surface area contributed by atoms with Crippen molar-refractivity contribution in [3.05, 3.63) is 51.8 Å². The first-order valence-corrected chi connectivity index (χ1v) is 14.2. The molecule has 0 spiro atoms. The Balaban J connectivity index is 1.25. The van der Waals surface area contributed by atoms with E-state index in [2.05, 4.69) is 14.8 Å². The lowest BCUT2D eigenvalue weighted by atomic mass is 9.94. The quantitative estimate of drug-likeness (QED) is 0.361. The molecular weight excluding hydrogens is 509 g/mol. The Morgan fingerprint density at radius 2 is 1.73 bits per heavy atom. The molecule has 0 radical (unpaired) electrons. The maximum Gasteiger partial charge on any atom is 0.340 e. The third-order valence-electron chi connectivity index (χ3n) is 7.13. The van der Waals surface area contributed by atoms with Crippen LogP contribution in [-0.4, -0.2) is 60.3 Å². The molecule has 2 aromatic rings. The van der Waals surface area contributed by atoms with Crippen molar-refractivity contribution in [1.29, 1.82) is 0 Å². The Kier molecular flexibility index (Phi) is 9.25. The zero-order chi connectivity index (χ0) is 26.6. The molecule has 2 aliphatic rings. The zero-order valence-electron chi connectivity index (χ0n) is 22.4. The van der Waals surface area contributed by atoms with Crippen LogP contribution < -0.4 is 9.64 Å². The minimum atomic E-state index is -0.527. The first kappa shape index (κ1) is 28.0. The molecule has 2 aliphatic heterocycles. The van der Waals surface area contributed by atoms with Crippen molar-refractivity contribution in [1.82, 2.24) is 9.88 Å². The molecule has 2 saturated heterocycles. The summed E-state index contributed by atoms with van der Waals surface area (Å²) >= 11 is 12.1. The van der Waals surface area contributed by atoms with Crippen LogP contribution in [0.5, 0.6) is 5.75 Å². The van der Waals surface area contributed by atoms with Crippen molar-refractivity contribution in [3.63, 3.8) is 0 Å². The highest BCUT2D eigenvalue weighted by atomic mass is 35.5. The van der Waals surface area contributed by atoms with Gasteiger partial charge in [0, 0.05) is 38.8 Å². The summed E-state index contributed by atoms with van der Waals surface area (Å²) in [6.07, 6.45) is 7.13. The first-order chi connectivity index (χ1) is 17.6. The number of anilines is 1. The van der Waals surface area contributed by atoms with E-state index in [0.717, 1.165) is 75.5 Å². The minimum Gasteiger partial charge on any atom is -0.490 e. The number of rotatable bonds is 7. The molecule has 0 atom stereocenters. The normalized spacial score (nSPS) is 18.2. The number of carbonyl (C=O) groups excluding carboxylic acids is 1. The number of benzene rings is 1. The Labute approximate surface area is 231 Å². The number of hydrogen-bond acceptors (Lipinski definition) is 6. The number of halogens is 2. The van der Waals surface area contributed by atoms with E-state index < -0.39 is 5.60 Å². The van der Waals surface area contributed by atoms with Crippen LogP contribution in [0.1, 0.15) is 69.4 Å². The number of aromatic nitrogens is 1. The summed E-state index contributed by atoms with van der Waals surface area (Å²) in [5, 5.41) is 1.08. The van der Waals surface area contributed by atoms with E-state index in [0.29, 0.717) is 27.9 Å². The van der Waals surface area contributed by atoms with Crippen LogP contribution in [0.25, 0.3) is 0 Å². The van der Waals surface area contributed by atoms with Gasteiger partial charge >= 0.3 is 5.97 Å². The highest BCUT2D eigenvalue weighted by Crippen LogP contribution is 2.30. The van der Waals surface area contributed by atoms with Crippen LogP contribution in [-0.2, 0) is 11.2 Å². The second-order valence-corrected chi connectivity index (χ2v) is 12.0. The number of piperidine rings is 2. The third kappa shape index (κ3) is 7.75. The molecule has 0 saturated carbocycles. The van der Waals surface area contributed by atoms with Crippen molar-refractivity contribution in [2.45, 2.75) is 71.5 Å². The monoisotopic (exact) mass is 547 g/mol. The second-order valence-electron chi connectivity index (χ2n) is 11.2. The molecule has 3 heterocycles. The van der Waals surface area contributed by atoms with Crippen LogP contribution in [0, 0.1) is 5.92 Å². The van der Waals surface area contributed by atoms with Crippen molar-refractivity contribution in [2.24, 2.45) is 5.92 Å². The SMILES string of the molecule is CCc1ncc(N2CCC(CN3CCC(Oc4ccc(Cl)c(Cl)c4)CC3)CC2)cc1C(=O)OC(C)(C)C. The summed E-state index contributed by atoms with van der Waals surface area (Å²) in [4.78, 5) is 22.3. The number of ether oxygens (including phenoxy) is 2. The summed E-state index contributed by atoms with van der Waals surface area (Å²) in [6, 6.07) is 7.44. The van der Waals surface area contributed by atoms with Crippen molar-refractivity contribution < 1.29 is 14.3 Å². The maximum absolute atomic E-state index is 12.8. The molecule has 1 aromatic carbocycles. The molecule has 0 bridgehead atoms. The summed E-state index contributed by atoms with van der Waals surface area (Å²) < 4.78 is 11.8. The third-order valence-corrected chi connectivity index (χ3v) is 7.87. The van der Waals surface area contributed by atoms with Gasteiger partial charge in [0.05, 0.1) is 33.2 Å². The van der Waals surface area contributed by atoms with Gasteiger partial charge in [-0.2, -0.15) is 0 Å². The predicted molar refractivity (Wildman–Crippen MR) is 150 cm³/mol. The van der Waals surface area contributed by atoms with E-state index in [-0.39, 0.29) is 12.1 Å². The van der Waals surface area contributed by atoms with Crippen molar-refractivity contribution >= 4 is 34.9 Å². The molecule has 1 aromatic heterocycles. The minimum absolute atomic E-state index is 0.216. The number of aryl methyl sites for hydroxylation is 1. The number of pyridine rings is 1. The molecule has 0 aliphatic carbocycles. The van der Waals surface area contributed by atoms with Crippen LogP contribution in [0.2, 0.25) is 10.0 Å². The van der Waals surface area contributed by atoms with Gasteiger partial charge in [0.15, 0.2) is 0 Å². The average molecular weight is 549 g/mol. The maximum atomic E-state index is 12.8. The average Bonchev–Trinajstić information content (AvgIpc) is 2.86. The number of hydrogen-bond donors (Lipinski definition) is 0. The van der Waals surface area contributed by atoms with Gasteiger partial charge in [-0.1, -0.05) is 30.1 Å². The van der Waals surface area contributed by atoms with E-state index >= 15 is 0 Å². The topological polar surface area (TPSA) is 54.9 Å². The Morgan fingerprint density at radius 1 is 1.03 bits per heavy atom. The van der Waals surface area contributed by atoms with Crippen molar-refractivity contribution in [3.8, 4) is 5.75 Å². The molecule has 8 heteroatoms. The van der Waals surface area contributed by atoms with E-state index in [4.69, 9.17) is 32.7 Å². The van der Waals surface area contributed by atoms with Crippen LogP contribution in [0.3, 0.4) is 0 Å². The zero-order valence-corrected chi connectivity index (χ0v) is 23.9. The van der Waals surface area contributed by atoms with Gasteiger partial charge in [0.1, 0.15) is 17.5 Å². The van der Waals surface area contributed by atoms with Crippen LogP contribution in [0.4, 0.5) is 5.69 Å². The summed E-state index contributed by atoms with van der Waals surface area (Å²) in [7, 11) is 0. The fourth-order valence-corrected chi connectivity index (χ4v) is 5.43. The van der Waals surface area contributed by atoms with Crippen LogP contribution >= 0.6 is 23.2 Å². The molecule has 0 N–H and O–H groups in total. The van der Waals surface area contributed by atoms with Gasteiger partial charge in [-0.05, 0) is 77.0 Å². The van der Waals surface area contributed by atoms with E-state index in [1.165, 1.54) is 0 Å². The lowest BCUT2D eigenvalue weighted by molar-refractivity contribution is 0.00678. The second kappa shape index (κ2) is 12.2. The molecule has 4 rings (SSSR count). The van der Waals surface area contributed by atoms with Gasteiger partial charge in [0.25, 0.3) is 0 Å². The van der Waals surface area contributed by atoms with Crippen molar-refractivity contribution in [2.75, 3.05) is 37.6 Å². The molecule has 37 heavy (non-hydrogen) atoms. The molecule has 2 fully saturated rings.